The van der Waals surface area contributed by atoms with Crippen molar-refractivity contribution in [3.63, 3.8) is 0 Å². The van der Waals surface area contributed by atoms with Crippen LogP contribution >= 0.6 is 0 Å². The van der Waals surface area contributed by atoms with Crippen LogP contribution in [0.3, 0.4) is 0 Å². The Labute approximate surface area is 118 Å². The zero-order valence-corrected chi connectivity index (χ0v) is 11.5. The second kappa shape index (κ2) is 7.07. The number of nitrogens with zero attached hydrogens (tertiary/aromatic N) is 1. The minimum absolute atomic E-state index is 0.00935. The van der Waals surface area contributed by atoms with E-state index in [4.69, 9.17) is 5.11 Å². The predicted molar refractivity (Wildman–Crippen MR) is 73.5 cm³/mol. The van der Waals surface area contributed by atoms with Crippen molar-refractivity contribution in [3.05, 3.63) is 17.5 Å². The van der Waals surface area contributed by atoms with Gasteiger partial charge in [0.1, 0.15) is 0 Å². The van der Waals surface area contributed by atoms with Crippen LogP contribution in [0.15, 0.2) is 6.07 Å². The van der Waals surface area contributed by atoms with E-state index in [-0.39, 0.29) is 17.5 Å². The molecule has 0 unspecified atom stereocenters. The average molecular weight is 279 g/mol. The molecule has 1 saturated carbocycles. The quantitative estimate of drug-likeness (QED) is 0.715. The lowest BCUT2D eigenvalue weighted by Crippen LogP contribution is -2.32. The second-order valence-electron chi connectivity index (χ2n) is 5.31. The molecule has 0 aromatic carbocycles. The van der Waals surface area contributed by atoms with Crippen molar-refractivity contribution in [2.24, 2.45) is 5.92 Å². The number of hydrogen-bond acceptors (Lipinski definition) is 3. The SMILES string of the molecule is O=C(O)c1cc(CCNC(=O)C2CCCCCC2)[nH]n1. The number of H-pyrrole nitrogens is 1. The van der Waals surface area contributed by atoms with Crippen molar-refractivity contribution in [1.82, 2.24) is 15.5 Å². The van der Waals surface area contributed by atoms with Gasteiger partial charge in [-0.05, 0) is 18.9 Å². The maximum Gasteiger partial charge on any atom is 0.356 e. The number of carbonyl (C=O) groups excluding carboxylic acids is 1. The van der Waals surface area contributed by atoms with Crippen LogP contribution in [0.25, 0.3) is 0 Å². The Morgan fingerprint density at radius 1 is 1.30 bits per heavy atom. The summed E-state index contributed by atoms with van der Waals surface area (Å²) in [6.07, 6.45) is 7.28. The lowest BCUT2D eigenvalue weighted by Gasteiger charge is -2.13. The molecule has 1 aliphatic rings. The molecule has 0 bridgehead atoms. The van der Waals surface area contributed by atoms with Gasteiger partial charge in [-0.2, -0.15) is 5.10 Å². The molecule has 1 amide bonds. The normalized spacial score (nSPS) is 16.6. The first-order valence-corrected chi connectivity index (χ1v) is 7.22. The van der Waals surface area contributed by atoms with Gasteiger partial charge in [-0.15, -0.1) is 0 Å². The molecule has 1 heterocycles. The topological polar surface area (TPSA) is 95.1 Å². The fourth-order valence-electron chi connectivity index (χ4n) is 2.61. The number of carboxylic acid groups (broad SMARTS) is 1. The average Bonchev–Trinajstić information content (AvgIpc) is 2.73. The van der Waals surface area contributed by atoms with Crippen LogP contribution in [0.4, 0.5) is 0 Å². The molecular weight excluding hydrogens is 258 g/mol. The number of amides is 1. The third kappa shape index (κ3) is 4.08. The summed E-state index contributed by atoms with van der Waals surface area (Å²) >= 11 is 0. The molecule has 2 rings (SSSR count). The monoisotopic (exact) mass is 279 g/mol. The number of aromatic carboxylic acids is 1. The zero-order valence-electron chi connectivity index (χ0n) is 11.5. The van der Waals surface area contributed by atoms with Crippen molar-refractivity contribution < 1.29 is 14.7 Å². The summed E-state index contributed by atoms with van der Waals surface area (Å²) in [5.41, 5.74) is 0.735. The molecule has 6 heteroatoms. The summed E-state index contributed by atoms with van der Waals surface area (Å²) < 4.78 is 0. The smallest absolute Gasteiger partial charge is 0.356 e. The van der Waals surface area contributed by atoms with E-state index in [1.165, 1.54) is 18.9 Å². The zero-order chi connectivity index (χ0) is 14.4. The van der Waals surface area contributed by atoms with Gasteiger partial charge in [0.05, 0.1) is 0 Å². The third-order valence-electron chi connectivity index (χ3n) is 3.77. The van der Waals surface area contributed by atoms with Crippen LogP contribution in [-0.2, 0) is 11.2 Å². The minimum atomic E-state index is -1.05. The van der Waals surface area contributed by atoms with Gasteiger partial charge >= 0.3 is 5.97 Å². The summed E-state index contributed by atoms with van der Waals surface area (Å²) in [7, 11) is 0. The summed E-state index contributed by atoms with van der Waals surface area (Å²) in [4.78, 5) is 22.7. The molecule has 0 atom stereocenters. The van der Waals surface area contributed by atoms with E-state index >= 15 is 0 Å². The van der Waals surface area contributed by atoms with Crippen molar-refractivity contribution >= 4 is 11.9 Å². The molecule has 0 aliphatic heterocycles. The van der Waals surface area contributed by atoms with Gasteiger partial charge < -0.3 is 10.4 Å². The van der Waals surface area contributed by atoms with Gasteiger partial charge in [-0.3, -0.25) is 9.89 Å². The molecule has 1 aromatic rings. The number of aromatic amines is 1. The Bertz CT molecular complexity index is 462. The molecule has 110 valence electrons. The van der Waals surface area contributed by atoms with Gasteiger partial charge in [0.15, 0.2) is 5.69 Å². The molecule has 0 saturated heterocycles. The summed E-state index contributed by atoms with van der Waals surface area (Å²) in [6, 6.07) is 1.50. The molecule has 1 aliphatic carbocycles. The summed E-state index contributed by atoms with van der Waals surface area (Å²) in [5, 5.41) is 18.0. The maximum atomic E-state index is 12.0. The molecule has 6 nitrogen and oxygen atoms in total. The van der Waals surface area contributed by atoms with Crippen molar-refractivity contribution in [2.75, 3.05) is 6.54 Å². The molecule has 0 radical (unpaired) electrons. The summed E-state index contributed by atoms with van der Waals surface area (Å²) in [5.74, 6) is -0.770. The molecule has 0 spiro atoms. The fraction of sp³-hybridized carbons (Fsp3) is 0.643. The highest BCUT2D eigenvalue weighted by Crippen LogP contribution is 2.22. The van der Waals surface area contributed by atoms with Gasteiger partial charge in [-0.25, -0.2) is 4.79 Å². The van der Waals surface area contributed by atoms with Crippen molar-refractivity contribution in [3.8, 4) is 0 Å². The molecule has 1 aromatic heterocycles. The maximum absolute atomic E-state index is 12.0. The fourth-order valence-corrected chi connectivity index (χ4v) is 2.61. The van der Waals surface area contributed by atoms with Crippen LogP contribution in [0.1, 0.15) is 54.7 Å². The third-order valence-corrected chi connectivity index (χ3v) is 3.77. The van der Waals surface area contributed by atoms with E-state index in [0.717, 1.165) is 31.4 Å². The first kappa shape index (κ1) is 14.6. The number of nitrogens with one attached hydrogen (secondary N) is 2. The highest BCUT2D eigenvalue weighted by atomic mass is 16.4. The van der Waals surface area contributed by atoms with Crippen LogP contribution in [0, 0.1) is 5.92 Å². The van der Waals surface area contributed by atoms with Crippen LogP contribution in [-0.4, -0.2) is 33.7 Å². The number of carbonyl (C=O) groups is 2. The Hall–Kier alpha value is -1.85. The minimum Gasteiger partial charge on any atom is -0.476 e. The van der Waals surface area contributed by atoms with Gasteiger partial charge in [0, 0.05) is 24.6 Å². The lowest BCUT2D eigenvalue weighted by molar-refractivity contribution is -0.125. The van der Waals surface area contributed by atoms with Gasteiger partial charge in [0.2, 0.25) is 5.91 Å². The lowest BCUT2D eigenvalue weighted by atomic mass is 9.99. The Kier molecular flexibility index (Phi) is 5.15. The Morgan fingerprint density at radius 3 is 2.60 bits per heavy atom. The second-order valence-corrected chi connectivity index (χ2v) is 5.31. The number of hydrogen-bond donors (Lipinski definition) is 3. The van der Waals surface area contributed by atoms with Crippen molar-refractivity contribution in [2.45, 2.75) is 44.9 Å². The van der Waals surface area contributed by atoms with Crippen molar-refractivity contribution in [1.29, 1.82) is 0 Å². The standard InChI is InChI=1S/C14H21N3O3/c18-13(10-5-3-1-2-4-6-10)15-8-7-11-9-12(14(19)20)17-16-11/h9-10H,1-8H2,(H,15,18)(H,16,17)(H,19,20). The number of aromatic nitrogens is 2. The van der Waals surface area contributed by atoms with Crippen LogP contribution in [0.2, 0.25) is 0 Å². The first-order valence-electron chi connectivity index (χ1n) is 7.22. The van der Waals surface area contributed by atoms with Gasteiger partial charge in [-0.1, -0.05) is 25.7 Å². The van der Waals surface area contributed by atoms with Gasteiger partial charge in [0.25, 0.3) is 0 Å². The number of rotatable bonds is 5. The van der Waals surface area contributed by atoms with Crippen LogP contribution in [0.5, 0.6) is 0 Å². The van der Waals surface area contributed by atoms with E-state index in [1.807, 2.05) is 0 Å². The highest BCUT2D eigenvalue weighted by Gasteiger charge is 2.19. The molecular formula is C14H21N3O3. The Balaban J connectivity index is 1.74. The largest absolute Gasteiger partial charge is 0.476 e. The van der Waals surface area contributed by atoms with E-state index in [2.05, 4.69) is 15.5 Å². The molecule has 1 fully saturated rings. The first-order chi connectivity index (χ1) is 9.66. The highest BCUT2D eigenvalue weighted by molar-refractivity contribution is 5.85. The van der Waals surface area contributed by atoms with E-state index in [0.29, 0.717) is 13.0 Å². The predicted octanol–water partition coefficient (Wildman–Crippen LogP) is 1.74. The number of carboxylic acids is 1. The van der Waals surface area contributed by atoms with E-state index < -0.39 is 5.97 Å². The Morgan fingerprint density at radius 2 is 2.00 bits per heavy atom. The van der Waals surface area contributed by atoms with E-state index in [9.17, 15) is 9.59 Å². The van der Waals surface area contributed by atoms with Crippen LogP contribution < -0.4 is 5.32 Å². The van der Waals surface area contributed by atoms with E-state index in [1.54, 1.807) is 0 Å². The molecule has 3 N–H and O–H groups in total. The summed E-state index contributed by atoms with van der Waals surface area (Å²) in [6.45, 7) is 0.511. The molecule has 20 heavy (non-hydrogen) atoms.